The molecule has 1 heterocycles. The second kappa shape index (κ2) is 4.57. The van der Waals surface area contributed by atoms with Crippen molar-refractivity contribution in [1.82, 2.24) is 4.90 Å². The molecule has 1 saturated heterocycles. The van der Waals surface area contributed by atoms with Crippen LogP contribution in [0.2, 0.25) is 0 Å². The summed E-state index contributed by atoms with van der Waals surface area (Å²) in [4.78, 5) is 13.8. The van der Waals surface area contributed by atoms with Crippen LogP contribution in [0.1, 0.15) is 30.1 Å². The van der Waals surface area contributed by atoms with Crippen molar-refractivity contribution in [3.8, 4) is 0 Å². The smallest absolute Gasteiger partial charge is 0.256 e. The molecule has 0 radical (unpaired) electrons. The quantitative estimate of drug-likeness (QED) is 0.742. The van der Waals surface area contributed by atoms with Crippen LogP contribution in [0.25, 0.3) is 0 Å². The number of rotatable bonds is 1. The van der Waals surface area contributed by atoms with Gasteiger partial charge < -0.3 is 15.7 Å². The van der Waals surface area contributed by atoms with Gasteiger partial charge in [0.2, 0.25) is 0 Å². The fourth-order valence-corrected chi connectivity index (χ4v) is 2.29. The Balaban J connectivity index is 2.20. The molecular formula is C13H17FN2O2. The van der Waals surface area contributed by atoms with E-state index in [0.717, 1.165) is 12.5 Å². The van der Waals surface area contributed by atoms with Gasteiger partial charge in [0, 0.05) is 18.8 Å². The van der Waals surface area contributed by atoms with Crippen molar-refractivity contribution in [2.24, 2.45) is 0 Å². The van der Waals surface area contributed by atoms with Crippen LogP contribution in [-0.2, 0) is 0 Å². The van der Waals surface area contributed by atoms with Crippen molar-refractivity contribution >= 4 is 11.6 Å². The molecule has 0 saturated carbocycles. The van der Waals surface area contributed by atoms with Crippen LogP contribution in [-0.4, -0.2) is 34.6 Å². The minimum Gasteiger partial charge on any atom is -0.398 e. The summed E-state index contributed by atoms with van der Waals surface area (Å²) in [6.45, 7) is 2.58. The predicted molar refractivity (Wildman–Crippen MR) is 66.6 cm³/mol. The summed E-state index contributed by atoms with van der Waals surface area (Å²) in [5.74, 6) is -0.720. The Morgan fingerprint density at radius 2 is 2.28 bits per heavy atom. The first-order chi connectivity index (χ1) is 8.39. The van der Waals surface area contributed by atoms with E-state index in [9.17, 15) is 14.3 Å². The van der Waals surface area contributed by atoms with Crippen molar-refractivity contribution in [2.75, 3.05) is 18.8 Å². The van der Waals surface area contributed by atoms with E-state index in [1.807, 2.05) is 0 Å². The first-order valence-electron chi connectivity index (χ1n) is 5.96. The standard InChI is InChI=1S/C13H17FN2O2/c1-13(18)5-2-6-16(8-13)12(17)10-4-3-9(14)7-11(10)15/h3-4,7,18H,2,5-6,8,15H2,1H3. The van der Waals surface area contributed by atoms with Crippen LogP contribution in [0.3, 0.4) is 0 Å². The number of β-amino-alcohol motifs (C(OH)–C–C–N with tert-alkyl or cyclic N) is 1. The maximum Gasteiger partial charge on any atom is 0.256 e. The summed E-state index contributed by atoms with van der Waals surface area (Å²) in [5, 5.41) is 9.97. The third-order valence-electron chi connectivity index (χ3n) is 3.21. The highest BCUT2D eigenvalue weighted by Gasteiger charge is 2.31. The van der Waals surface area contributed by atoms with Crippen LogP contribution in [0.4, 0.5) is 10.1 Å². The maximum atomic E-state index is 12.9. The first-order valence-corrected chi connectivity index (χ1v) is 5.96. The number of anilines is 1. The van der Waals surface area contributed by atoms with Crippen LogP contribution < -0.4 is 5.73 Å². The zero-order chi connectivity index (χ0) is 13.3. The van der Waals surface area contributed by atoms with Crippen LogP contribution in [0, 0.1) is 5.82 Å². The number of hydrogen-bond acceptors (Lipinski definition) is 3. The predicted octanol–water partition coefficient (Wildman–Crippen LogP) is 1.39. The molecule has 1 unspecified atom stereocenters. The molecule has 0 aliphatic carbocycles. The van der Waals surface area contributed by atoms with Crippen LogP contribution in [0.5, 0.6) is 0 Å². The zero-order valence-electron chi connectivity index (χ0n) is 10.3. The lowest BCUT2D eigenvalue weighted by Gasteiger charge is -2.37. The summed E-state index contributed by atoms with van der Waals surface area (Å²) >= 11 is 0. The summed E-state index contributed by atoms with van der Waals surface area (Å²) in [7, 11) is 0. The number of halogens is 1. The van der Waals surface area contributed by atoms with Gasteiger partial charge in [-0.2, -0.15) is 0 Å². The number of hydrogen-bond donors (Lipinski definition) is 2. The lowest BCUT2D eigenvalue weighted by molar-refractivity contribution is -0.0107. The number of piperidine rings is 1. The largest absolute Gasteiger partial charge is 0.398 e. The zero-order valence-corrected chi connectivity index (χ0v) is 10.3. The Morgan fingerprint density at radius 1 is 1.56 bits per heavy atom. The average molecular weight is 252 g/mol. The molecule has 1 aliphatic rings. The normalized spacial score (nSPS) is 24.1. The van der Waals surface area contributed by atoms with E-state index in [1.54, 1.807) is 11.8 Å². The SMILES string of the molecule is CC1(O)CCCN(C(=O)c2ccc(F)cc2N)C1. The second-order valence-electron chi connectivity index (χ2n) is 5.06. The first kappa shape index (κ1) is 12.8. The minimum atomic E-state index is -0.858. The van der Waals surface area contributed by atoms with Crippen LogP contribution >= 0.6 is 0 Å². The van der Waals surface area contributed by atoms with E-state index in [4.69, 9.17) is 5.73 Å². The Morgan fingerprint density at radius 3 is 2.89 bits per heavy atom. The molecule has 4 nitrogen and oxygen atoms in total. The Kier molecular flexibility index (Phi) is 3.26. The summed E-state index contributed by atoms with van der Waals surface area (Å²) < 4.78 is 12.9. The summed E-state index contributed by atoms with van der Waals surface area (Å²) in [6, 6.07) is 3.73. The van der Waals surface area contributed by atoms with Crippen molar-refractivity contribution in [2.45, 2.75) is 25.4 Å². The van der Waals surface area contributed by atoms with Gasteiger partial charge in [0.25, 0.3) is 5.91 Å². The molecule has 5 heteroatoms. The van der Waals surface area contributed by atoms with E-state index in [1.165, 1.54) is 12.1 Å². The molecule has 98 valence electrons. The topological polar surface area (TPSA) is 66.6 Å². The highest BCUT2D eigenvalue weighted by atomic mass is 19.1. The van der Waals surface area contributed by atoms with E-state index >= 15 is 0 Å². The summed E-state index contributed by atoms with van der Waals surface area (Å²) in [6.07, 6.45) is 1.43. The van der Waals surface area contributed by atoms with Crippen molar-refractivity contribution in [3.63, 3.8) is 0 Å². The second-order valence-corrected chi connectivity index (χ2v) is 5.06. The number of carbonyl (C=O) groups is 1. The van der Waals surface area contributed by atoms with Gasteiger partial charge in [-0.05, 0) is 38.0 Å². The van der Waals surface area contributed by atoms with Gasteiger partial charge >= 0.3 is 0 Å². The number of benzene rings is 1. The molecule has 2 rings (SSSR count). The highest BCUT2D eigenvalue weighted by molar-refractivity contribution is 5.99. The van der Waals surface area contributed by atoms with E-state index < -0.39 is 11.4 Å². The number of nitrogens with two attached hydrogens (primary N) is 1. The molecule has 0 spiro atoms. The third-order valence-corrected chi connectivity index (χ3v) is 3.21. The maximum absolute atomic E-state index is 12.9. The molecule has 3 N–H and O–H groups in total. The lowest BCUT2D eigenvalue weighted by Crippen LogP contribution is -2.48. The highest BCUT2D eigenvalue weighted by Crippen LogP contribution is 2.23. The van der Waals surface area contributed by atoms with Gasteiger partial charge in [0.1, 0.15) is 5.82 Å². The molecule has 1 amide bonds. The van der Waals surface area contributed by atoms with Crippen molar-refractivity contribution in [3.05, 3.63) is 29.6 Å². The van der Waals surface area contributed by atoms with Gasteiger partial charge in [0.15, 0.2) is 0 Å². The van der Waals surface area contributed by atoms with Gasteiger partial charge in [-0.3, -0.25) is 4.79 Å². The van der Waals surface area contributed by atoms with Gasteiger partial charge in [0.05, 0.1) is 11.2 Å². The van der Waals surface area contributed by atoms with Gasteiger partial charge in [-0.25, -0.2) is 4.39 Å². The van der Waals surface area contributed by atoms with Crippen molar-refractivity contribution in [1.29, 1.82) is 0 Å². The van der Waals surface area contributed by atoms with Gasteiger partial charge in [-0.15, -0.1) is 0 Å². The lowest BCUT2D eigenvalue weighted by atomic mass is 9.94. The molecule has 0 bridgehead atoms. The van der Waals surface area contributed by atoms with E-state index in [-0.39, 0.29) is 23.7 Å². The molecule has 1 aliphatic heterocycles. The van der Waals surface area contributed by atoms with Crippen LogP contribution in [0.15, 0.2) is 18.2 Å². The minimum absolute atomic E-state index is 0.130. The molecule has 1 fully saturated rings. The Labute approximate surface area is 105 Å². The van der Waals surface area contributed by atoms with Crippen molar-refractivity contribution < 1.29 is 14.3 Å². The monoisotopic (exact) mass is 252 g/mol. The number of likely N-dealkylation sites (tertiary alicyclic amines) is 1. The fraction of sp³-hybridized carbons (Fsp3) is 0.462. The third kappa shape index (κ3) is 2.61. The molecular weight excluding hydrogens is 235 g/mol. The van der Waals surface area contributed by atoms with Gasteiger partial charge in [-0.1, -0.05) is 0 Å². The average Bonchev–Trinajstić information content (AvgIpc) is 2.27. The molecule has 0 aromatic heterocycles. The molecule has 1 atom stereocenters. The number of carbonyl (C=O) groups excluding carboxylic acids is 1. The summed E-state index contributed by atoms with van der Waals surface area (Å²) in [5.41, 5.74) is 5.20. The van der Waals surface area contributed by atoms with E-state index in [0.29, 0.717) is 13.0 Å². The molecule has 1 aromatic carbocycles. The number of nitrogens with zero attached hydrogens (tertiary/aromatic N) is 1. The molecule has 1 aromatic rings. The van der Waals surface area contributed by atoms with E-state index in [2.05, 4.69) is 0 Å². The fourth-order valence-electron chi connectivity index (χ4n) is 2.29. The number of aliphatic hydroxyl groups is 1. The number of nitrogen functional groups attached to an aromatic ring is 1. The number of amides is 1. The molecule has 18 heavy (non-hydrogen) atoms. The Bertz CT molecular complexity index is 474. The Hall–Kier alpha value is -1.62.